The molecule has 1 aliphatic heterocycles. The van der Waals surface area contributed by atoms with Gasteiger partial charge in [0.05, 0.1) is 16.4 Å². The molecule has 7 nitrogen and oxygen atoms in total. The summed E-state index contributed by atoms with van der Waals surface area (Å²) >= 11 is 7.21. The number of benzene rings is 1. The third-order valence-electron chi connectivity index (χ3n) is 2.63. The van der Waals surface area contributed by atoms with E-state index >= 15 is 0 Å². The van der Waals surface area contributed by atoms with Gasteiger partial charge in [0.15, 0.2) is 5.75 Å². The smallest absolute Gasteiger partial charge is 0.310 e. The molecule has 0 saturated heterocycles. The van der Waals surface area contributed by atoms with Gasteiger partial charge in [0.1, 0.15) is 5.00 Å². The molecule has 21 heavy (non-hydrogen) atoms. The van der Waals surface area contributed by atoms with Crippen LogP contribution in [0, 0.1) is 10.1 Å². The zero-order chi connectivity index (χ0) is 15.6. The van der Waals surface area contributed by atoms with Crippen molar-refractivity contribution < 1.29 is 14.8 Å². The van der Waals surface area contributed by atoms with Gasteiger partial charge in [-0.25, -0.2) is 4.72 Å². The van der Waals surface area contributed by atoms with Gasteiger partial charge in [0.25, 0.3) is 0 Å². The lowest BCUT2D eigenvalue weighted by Crippen LogP contribution is -2.23. The molecular formula is C12H12ClN3O4S. The Bertz CT molecular complexity index is 633. The van der Waals surface area contributed by atoms with Crippen LogP contribution in [0.15, 0.2) is 29.3 Å². The van der Waals surface area contributed by atoms with Crippen molar-refractivity contribution in [3.05, 3.63) is 45.0 Å². The van der Waals surface area contributed by atoms with Crippen LogP contribution in [0.3, 0.4) is 0 Å². The lowest BCUT2D eigenvalue weighted by molar-refractivity contribution is -0.385. The van der Waals surface area contributed by atoms with Gasteiger partial charge in [0, 0.05) is 6.07 Å². The average Bonchev–Trinajstić information content (AvgIpc) is 2.70. The summed E-state index contributed by atoms with van der Waals surface area (Å²) in [6.45, 7) is 1.74. The second kappa shape index (κ2) is 5.92. The first-order valence-corrected chi connectivity index (χ1v) is 7.08. The van der Waals surface area contributed by atoms with Crippen LogP contribution in [-0.4, -0.2) is 20.9 Å². The number of carbonyl (C=O) groups is 1. The fraction of sp³-hybridized carbons (Fsp3) is 0.250. The number of amides is 1. The number of halogens is 1. The van der Waals surface area contributed by atoms with E-state index in [0.29, 0.717) is 10.6 Å². The number of carbonyl (C=O) groups excluding carboxylic acids is 1. The van der Waals surface area contributed by atoms with Gasteiger partial charge in [0.2, 0.25) is 5.91 Å². The third kappa shape index (κ3) is 4.10. The zero-order valence-corrected chi connectivity index (χ0v) is 12.5. The Labute approximate surface area is 129 Å². The Morgan fingerprint density at radius 2 is 2.33 bits per heavy atom. The fourth-order valence-corrected chi connectivity index (χ4v) is 2.83. The van der Waals surface area contributed by atoms with E-state index < -0.39 is 21.4 Å². The maximum Gasteiger partial charge on any atom is 0.310 e. The third-order valence-corrected chi connectivity index (χ3v) is 3.91. The summed E-state index contributed by atoms with van der Waals surface area (Å²) in [5.74, 6) is -0.759. The summed E-state index contributed by atoms with van der Waals surface area (Å²) in [5, 5.41) is 23.3. The van der Waals surface area contributed by atoms with Crippen LogP contribution < -0.4 is 10.0 Å². The number of nitro groups is 1. The van der Waals surface area contributed by atoms with Gasteiger partial charge < -0.3 is 10.4 Å². The van der Waals surface area contributed by atoms with Gasteiger partial charge in [-0.2, -0.15) is 0 Å². The van der Waals surface area contributed by atoms with E-state index in [-0.39, 0.29) is 12.3 Å². The Balaban J connectivity index is 2.04. The largest absolute Gasteiger partial charge is 0.502 e. The molecular weight excluding hydrogens is 318 g/mol. The maximum absolute atomic E-state index is 11.9. The molecule has 1 heterocycles. The number of aromatic hydroxyl groups is 1. The van der Waals surface area contributed by atoms with Crippen molar-refractivity contribution in [2.24, 2.45) is 0 Å². The Morgan fingerprint density at radius 1 is 1.62 bits per heavy atom. The van der Waals surface area contributed by atoms with Crippen molar-refractivity contribution >= 4 is 35.1 Å². The number of phenols is 1. The number of hydrogen-bond donors (Lipinski definition) is 3. The fourth-order valence-electron chi connectivity index (χ4n) is 1.71. The van der Waals surface area contributed by atoms with Gasteiger partial charge in [-0.1, -0.05) is 17.7 Å². The molecule has 1 amide bonds. The number of hydrogen-bond acceptors (Lipinski definition) is 6. The van der Waals surface area contributed by atoms with Crippen molar-refractivity contribution in [2.45, 2.75) is 18.3 Å². The molecule has 0 aliphatic carbocycles. The topological polar surface area (TPSA) is 104 Å². The molecule has 0 aromatic heterocycles. The molecule has 1 aliphatic rings. The summed E-state index contributed by atoms with van der Waals surface area (Å²) in [5.41, 5.74) is 0.00643. The van der Waals surface area contributed by atoms with E-state index in [4.69, 9.17) is 11.6 Å². The molecule has 9 heteroatoms. The lowest BCUT2D eigenvalue weighted by atomic mass is 10.1. The van der Waals surface area contributed by atoms with Crippen LogP contribution in [0.1, 0.15) is 12.5 Å². The number of rotatable bonds is 4. The highest BCUT2D eigenvalue weighted by atomic mass is 35.5. The second-order valence-electron chi connectivity index (χ2n) is 4.59. The molecule has 0 fully saturated rings. The first-order valence-electron chi connectivity index (χ1n) is 5.89. The van der Waals surface area contributed by atoms with E-state index in [0.717, 1.165) is 0 Å². The van der Waals surface area contributed by atoms with Crippen molar-refractivity contribution in [1.82, 2.24) is 10.0 Å². The minimum atomic E-state index is -0.718. The molecule has 1 unspecified atom stereocenters. The highest BCUT2D eigenvalue weighted by molar-refractivity contribution is 8.01. The highest BCUT2D eigenvalue weighted by Gasteiger charge is 2.26. The van der Waals surface area contributed by atoms with Crippen LogP contribution in [0.4, 0.5) is 5.69 Å². The van der Waals surface area contributed by atoms with E-state index in [1.807, 2.05) is 0 Å². The van der Waals surface area contributed by atoms with Crippen LogP contribution in [0.25, 0.3) is 0 Å². The van der Waals surface area contributed by atoms with E-state index in [1.54, 1.807) is 13.0 Å². The summed E-state index contributed by atoms with van der Waals surface area (Å²) in [6.07, 6.45) is 1.62. The highest BCUT2D eigenvalue weighted by Crippen LogP contribution is 2.29. The Morgan fingerprint density at radius 3 is 2.90 bits per heavy atom. The number of alkyl halides is 1. The first-order chi connectivity index (χ1) is 9.77. The normalized spacial score (nSPS) is 21.0. The standard InChI is InChI=1S/C12H12ClN3O4S/c1-12(13)6-11(21-15-12)14-10(18)5-7-2-3-9(17)8(4-7)16(19)20/h2-4,6,15,17H,5H2,1H3,(H,14,18). The minimum Gasteiger partial charge on any atom is -0.502 e. The number of nitro benzene ring substituents is 1. The van der Waals surface area contributed by atoms with Crippen molar-refractivity contribution in [3.8, 4) is 5.75 Å². The summed E-state index contributed by atoms with van der Waals surface area (Å²) < 4.78 is 2.90. The minimum absolute atomic E-state index is 0.0436. The maximum atomic E-state index is 11.9. The van der Waals surface area contributed by atoms with Crippen molar-refractivity contribution in [1.29, 1.82) is 0 Å². The molecule has 112 valence electrons. The number of nitrogens with one attached hydrogen (secondary N) is 2. The molecule has 1 atom stereocenters. The molecule has 0 saturated carbocycles. The second-order valence-corrected chi connectivity index (χ2v) is 6.23. The first kappa shape index (κ1) is 15.6. The molecule has 0 bridgehead atoms. The molecule has 1 aromatic rings. The van der Waals surface area contributed by atoms with Gasteiger partial charge in [-0.05, 0) is 36.6 Å². The van der Waals surface area contributed by atoms with Gasteiger partial charge >= 0.3 is 5.69 Å². The summed E-state index contributed by atoms with van der Waals surface area (Å²) in [6, 6.07) is 3.83. The van der Waals surface area contributed by atoms with Crippen LogP contribution >= 0.6 is 23.5 Å². The van der Waals surface area contributed by atoms with E-state index in [9.17, 15) is 20.0 Å². The monoisotopic (exact) mass is 329 g/mol. The molecule has 0 spiro atoms. The van der Waals surface area contributed by atoms with Gasteiger partial charge in [-0.15, -0.1) is 0 Å². The van der Waals surface area contributed by atoms with Crippen LogP contribution in [0.2, 0.25) is 0 Å². The SMILES string of the molecule is CC1(Cl)C=C(NC(=O)Cc2ccc(O)c([N+](=O)[O-])c2)SN1. The Hall–Kier alpha value is -1.77. The summed E-state index contributed by atoms with van der Waals surface area (Å²) in [7, 11) is 0. The van der Waals surface area contributed by atoms with Crippen molar-refractivity contribution in [3.63, 3.8) is 0 Å². The quantitative estimate of drug-likeness (QED) is 0.256. The van der Waals surface area contributed by atoms with E-state index in [2.05, 4.69) is 10.0 Å². The van der Waals surface area contributed by atoms with Crippen LogP contribution in [-0.2, 0) is 11.2 Å². The van der Waals surface area contributed by atoms with Crippen molar-refractivity contribution in [2.75, 3.05) is 0 Å². The molecule has 2 rings (SSSR count). The lowest BCUT2D eigenvalue weighted by Gasteiger charge is -2.08. The molecule has 3 N–H and O–H groups in total. The number of nitrogens with zero attached hydrogens (tertiary/aromatic N) is 1. The average molecular weight is 330 g/mol. The number of phenolic OH excluding ortho intramolecular Hbond substituents is 1. The Kier molecular flexibility index (Phi) is 4.40. The predicted molar refractivity (Wildman–Crippen MR) is 79.7 cm³/mol. The van der Waals surface area contributed by atoms with Crippen LogP contribution in [0.5, 0.6) is 5.75 Å². The molecule has 1 aromatic carbocycles. The van der Waals surface area contributed by atoms with Gasteiger partial charge in [-0.3, -0.25) is 14.9 Å². The zero-order valence-electron chi connectivity index (χ0n) is 10.9. The summed E-state index contributed by atoms with van der Waals surface area (Å²) in [4.78, 5) is 21.2. The predicted octanol–water partition coefficient (Wildman–Crippen LogP) is 2.01. The molecule has 0 radical (unpaired) electrons. The van der Waals surface area contributed by atoms with E-state index in [1.165, 1.54) is 30.1 Å².